The molecule has 14 N–H and O–H groups in total. The molecule has 0 spiro atoms. The van der Waals surface area contributed by atoms with E-state index >= 15 is 0 Å². The first-order valence-corrected chi connectivity index (χ1v) is 20.5. The lowest BCUT2D eigenvalue weighted by Gasteiger charge is -2.48. The lowest BCUT2D eigenvalue weighted by Crippen LogP contribution is -2.65. The molecule has 0 saturated carbocycles. The maximum absolute atomic E-state index is 11.4. The molecule has 0 aromatic heterocycles. The zero-order chi connectivity index (χ0) is 44.1. The molecule has 356 valence electrons. The Morgan fingerprint density at radius 1 is 0.410 bits per heavy atom. The summed E-state index contributed by atoms with van der Waals surface area (Å²) in [5.41, 5.74) is 0. The normalized spacial score (nSPS) is 50.1. The lowest BCUT2D eigenvalue weighted by molar-refractivity contribution is -0.377. The van der Waals surface area contributed by atoms with Crippen LogP contribution in [0.1, 0.15) is 38.5 Å². The van der Waals surface area contributed by atoms with Crippen molar-refractivity contribution >= 4 is 0 Å². The third kappa shape index (κ3) is 11.5. The Kier molecular flexibility index (Phi) is 18.2. The van der Waals surface area contributed by atoms with Gasteiger partial charge in [0.1, 0.15) is 91.6 Å². The standard InChI is InChI=1S/C36H62O25/c37-7-13-2-1-3-22(52-13)59-33-20(12-51-34-28(48)25(45)24(44)17(9-39)56-34)58-36(30(50)27(33)47)61-31-14(42)6-23(54-18(31)10-40)60-32-19(11-41)57-35(29(49)26(32)46)55-15-4-5-21(43)53-16(15)8-38/h13-50H,1-12H2/t13?,14-,15-,16?,17?,18?,19?,20?,21-,22-,23+,24-,25?,26?,27?,28?,29?,30?,31-,32+,33+,34-,35+,36-/m0/s1. The van der Waals surface area contributed by atoms with E-state index in [4.69, 9.17) is 52.1 Å². The molecule has 25 heteroatoms. The summed E-state index contributed by atoms with van der Waals surface area (Å²) in [6, 6.07) is 0. The summed E-state index contributed by atoms with van der Waals surface area (Å²) >= 11 is 0. The summed E-state index contributed by atoms with van der Waals surface area (Å²) in [4.78, 5) is 0. The van der Waals surface area contributed by atoms with E-state index in [0.29, 0.717) is 19.3 Å². The van der Waals surface area contributed by atoms with Crippen LogP contribution in [0.15, 0.2) is 0 Å². The van der Waals surface area contributed by atoms with Crippen LogP contribution in [0, 0.1) is 0 Å². The van der Waals surface area contributed by atoms with Gasteiger partial charge in [-0.1, -0.05) is 0 Å². The van der Waals surface area contributed by atoms with Gasteiger partial charge in [0.05, 0.1) is 58.0 Å². The van der Waals surface area contributed by atoms with Crippen LogP contribution in [-0.2, 0) is 52.1 Å². The molecule has 0 aromatic rings. The maximum Gasteiger partial charge on any atom is 0.187 e. The summed E-state index contributed by atoms with van der Waals surface area (Å²) < 4.78 is 63.3. The first kappa shape index (κ1) is 49.4. The van der Waals surface area contributed by atoms with Crippen LogP contribution in [0.4, 0.5) is 0 Å². The van der Waals surface area contributed by atoms with Crippen LogP contribution in [0.2, 0.25) is 0 Å². The van der Waals surface area contributed by atoms with Crippen LogP contribution < -0.4 is 0 Å². The van der Waals surface area contributed by atoms with Crippen molar-refractivity contribution in [2.45, 2.75) is 186 Å². The summed E-state index contributed by atoms with van der Waals surface area (Å²) in [6.45, 7) is -3.72. The Balaban J connectivity index is 1.10. The van der Waals surface area contributed by atoms with Gasteiger partial charge >= 0.3 is 0 Å². The third-order valence-electron chi connectivity index (χ3n) is 11.8. The second-order valence-corrected chi connectivity index (χ2v) is 16.0. The average Bonchev–Trinajstić information content (AvgIpc) is 3.26. The van der Waals surface area contributed by atoms with E-state index in [-0.39, 0.29) is 19.4 Å². The van der Waals surface area contributed by atoms with Crippen molar-refractivity contribution in [3.05, 3.63) is 0 Å². The highest BCUT2D eigenvalue weighted by molar-refractivity contribution is 4.96. The molecule has 24 atom stereocenters. The molecule has 6 rings (SSSR count). The summed E-state index contributed by atoms with van der Waals surface area (Å²) in [5.74, 6) is 0. The van der Waals surface area contributed by atoms with Crippen molar-refractivity contribution in [2.24, 2.45) is 0 Å². The van der Waals surface area contributed by atoms with Crippen molar-refractivity contribution in [1.82, 2.24) is 0 Å². The largest absolute Gasteiger partial charge is 0.394 e. The van der Waals surface area contributed by atoms with E-state index in [1.165, 1.54) is 0 Å². The van der Waals surface area contributed by atoms with E-state index < -0.39 is 187 Å². The zero-order valence-electron chi connectivity index (χ0n) is 33.1. The highest BCUT2D eigenvalue weighted by Crippen LogP contribution is 2.35. The van der Waals surface area contributed by atoms with Crippen molar-refractivity contribution in [3.63, 3.8) is 0 Å². The second kappa shape index (κ2) is 22.5. The van der Waals surface area contributed by atoms with Crippen molar-refractivity contribution in [1.29, 1.82) is 0 Å². The van der Waals surface area contributed by atoms with Gasteiger partial charge in [-0.05, 0) is 25.7 Å². The molecular formula is C36H62O25. The van der Waals surface area contributed by atoms with Gasteiger partial charge < -0.3 is 124 Å². The van der Waals surface area contributed by atoms with E-state index in [1.54, 1.807) is 0 Å². The highest BCUT2D eigenvalue weighted by atomic mass is 16.8. The number of rotatable bonds is 16. The molecule has 12 unspecified atom stereocenters. The predicted octanol–water partition coefficient (Wildman–Crippen LogP) is -7.93. The van der Waals surface area contributed by atoms with Crippen molar-refractivity contribution < 1.29 is 124 Å². The van der Waals surface area contributed by atoms with Gasteiger partial charge in [0.2, 0.25) is 0 Å². The van der Waals surface area contributed by atoms with Gasteiger partial charge in [-0.3, -0.25) is 0 Å². The molecule has 6 saturated heterocycles. The van der Waals surface area contributed by atoms with Gasteiger partial charge in [-0.15, -0.1) is 0 Å². The predicted molar refractivity (Wildman–Crippen MR) is 191 cm³/mol. The first-order valence-electron chi connectivity index (χ1n) is 20.5. The van der Waals surface area contributed by atoms with Gasteiger partial charge in [-0.25, -0.2) is 0 Å². The fraction of sp³-hybridized carbons (Fsp3) is 1.00. The van der Waals surface area contributed by atoms with E-state index in [0.717, 1.165) is 0 Å². The lowest BCUT2D eigenvalue weighted by atomic mass is 9.96. The van der Waals surface area contributed by atoms with Gasteiger partial charge in [0.25, 0.3) is 0 Å². The molecule has 61 heavy (non-hydrogen) atoms. The fourth-order valence-electron chi connectivity index (χ4n) is 8.31. The van der Waals surface area contributed by atoms with Crippen LogP contribution in [0.3, 0.4) is 0 Å². The van der Waals surface area contributed by atoms with Gasteiger partial charge in [0.15, 0.2) is 37.7 Å². The summed E-state index contributed by atoms with van der Waals surface area (Å²) in [5, 5.41) is 146. The third-order valence-corrected chi connectivity index (χ3v) is 11.8. The van der Waals surface area contributed by atoms with Crippen LogP contribution in [-0.4, -0.2) is 259 Å². The number of ether oxygens (including phenoxy) is 11. The molecule has 0 radical (unpaired) electrons. The fourth-order valence-corrected chi connectivity index (χ4v) is 8.31. The number of aliphatic hydroxyl groups excluding tert-OH is 14. The molecule has 6 heterocycles. The Bertz CT molecular complexity index is 1300. The van der Waals surface area contributed by atoms with E-state index in [9.17, 15) is 71.5 Å². The van der Waals surface area contributed by atoms with Crippen LogP contribution in [0.25, 0.3) is 0 Å². The first-order chi connectivity index (χ1) is 29.2. The molecule has 6 aliphatic rings. The average molecular weight is 895 g/mol. The molecule has 0 bridgehead atoms. The Labute approximate surface area is 349 Å². The summed E-state index contributed by atoms with van der Waals surface area (Å²) in [6.07, 6.45) is -33.3. The molecule has 0 aromatic carbocycles. The summed E-state index contributed by atoms with van der Waals surface area (Å²) in [7, 11) is 0. The second-order valence-electron chi connectivity index (χ2n) is 16.0. The van der Waals surface area contributed by atoms with Crippen LogP contribution >= 0.6 is 0 Å². The van der Waals surface area contributed by atoms with Gasteiger partial charge in [-0.2, -0.15) is 0 Å². The molecular weight excluding hydrogens is 832 g/mol. The number of hydrogen-bond acceptors (Lipinski definition) is 25. The minimum atomic E-state index is -1.89. The molecule has 6 aliphatic heterocycles. The van der Waals surface area contributed by atoms with Crippen LogP contribution in [0.5, 0.6) is 0 Å². The monoisotopic (exact) mass is 894 g/mol. The molecule has 0 aliphatic carbocycles. The number of hydrogen-bond donors (Lipinski definition) is 14. The molecule has 6 fully saturated rings. The maximum atomic E-state index is 11.4. The van der Waals surface area contributed by atoms with E-state index in [1.807, 2.05) is 0 Å². The Morgan fingerprint density at radius 2 is 0.984 bits per heavy atom. The number of aliphatic hydroxyl groups is 14. The molecule has 25 nitrogen and oxygen atoms in total. The van der Waals surface area contributed by atoms with Gasteiger partial charge in [0, 0.05) is 12.8 Å². The highest BCUT2D eigenvalue weighted by Gasteiger charge is 2.53. The minimum Gasteiger partial charge on any atom is -0.394 e. The zero-order valence-corrected chi connectivity index (χ0v) is 33.1. The van der Waals surface area contributed by atoms with Crippen molar-refractivity contribution in [2.75, 3.05) is 39.6 Å². The Hall–Kier alpha value is -1.00. The molecule has 0 amide bonds. The van der Waals surface area contributed by atoms with E-state index in [2.05, 4.69) is 0 Å². The smallest absolute Gasteiger partial charge is 0.187 e. The topological polar surface area (TPSA) is 385 Å². The minimum absolute atomic E-state index is 0.157. The Morgan fingerprint density at radius 3 is 1.64 bits per heavy atom. The quantitative estimate of drug-likeness (QED) is 0.0684. The van der Waals surface area contributed by atoms with Crippen molar-refractivity contribution in [3.8, 4) is 0 Å². The SMILES string of the molecule is OCC1CCC[C@H](O[C@@H]2C(CO[C@H]3OC(CO)[C@H](O)C(O)C3O)O[C@@H](O[C@@H]3C(CO)O[C@H](O[C@@H]4C(CO)O[C@@H](O[C@H]5CC[C@@H](O)OC5CO)C(O)C4O)C[C@@H]3O)C(O)C2O)O1.